The second kappa shape index (κ2) is 6.91. The van der Waals surface area contributed by atoms with Gasteiger partial charge in [0.2, 0.25) is 0 Å². The summed E-state index contributed by atoms with van der Waals surface area (Å²) < 4.78 is 4.64. The van der Waals surface area contributed by atoms with Crippen LogP contribution >= 0.6 is 0 Å². The minimum absolute atomic E-state index is 0.191. The van der Waals surface area contributed by atoms with Gasteiger partial charge in [-0.1, -0.05) is 12.1 Å². The first-order chi connectivity index (χ1) is 8.17. The summed E-state index contributed by atoms with van der Waals surface area (Å²) in [5.41, 5.74) is 2.03. The van der Waals surface area contributed by atoms with Crippen molar-refractivity contribution in [2.45, 2.75) is 25.8 Å². The fourth-order valence-corrected chi connectivity index (χ4v) is 1.59. The van der Waals surface area contributed by atoms with Crippen molar-refractivity contribution in [2.75, 3.05) is 19.0 Å². The molecule has 0 aliphatic carbocycles. The van der Waals surface area contributed by atoms with Crippen molar-refractivity contribution in [1.82, 2.24) is 0 Å². The molecule has 4 heteroatoms. The molecule has 1 rings (SSSR count). The van der Waals surface area contributed by atoms with Crippen LogP contribution in [0.25, 0.3) is 0 Å². The van der Waals surface area contributed by atoms with Crippen LogP contribution in [-0.2, 0) is 16.0 Å². The number of aliphatic hydroxyl groups is 1. The van der Waals surface area contributed by atoms with Crippen molar-refractivity contribution in [2.24, 2.45) is 0 Å². The van der Waals surface area contributed by atoms with Crippen LogP contribution in [0.15, 0.2) is 24.3 Å². The highest BCUT2D eigenvalue weighted by Gasteiger charge is 2.12. The first-order valence-electron chi connectivity index (χ1n) is 5.71. The Balaban J connectivity index is 2.62. The number of hydrogen-bond donors (Lipinski definition) is 2. The molecule has 94 valence electrons. The molecule has 0 fully saturated rings. The summed E-state index contributed by atoms with van der Waals surface area (Å²) in [4.78, 5) is 11.3. The number of hydrogen-bond acceptors (Lipinski definition) is 4. The predicted octanol–water partition coefficient (Wildman–Crippen LogP) is 1.58. The number of rotatable bonds is 6. The molecule has 0 heterocycles. The van der Waals surface area contributed by atoms with Crippen molar-refractivity contribution in [3.05, 3.63) is 29.8 Å². The maximum atomic E-state index is 11.3. The summed E-state index contributed by atoms with van der Waals surface area (Å²) in [6.45, 7) is 1.95. The van der Waals surface area contributed by atoms with E-state index in [1.165, 1.54) is 7.11 Å². The van der Waals surface area contributed by atoms with Gasteiger partial charge in [-0.3, -0.25) is 0 Å². The molecule has 0 saturated heterocycles. The molecule has 0 aliphatic heterocycles. The number of ether oxygens (including phenoxy) is 1. The van der Waals surface area contributed by atoms with Gasteiger partial charge in [-0.25, -0.2) is 4.79 Å². The highest BCUT2D eigenvalue weighted by atomic mass is 16.5. The Hall–Kier alpha value is -1.55. The quantitative estimate of drug-likeness (QED) is 0.738. The van der Waals surface area contributed by atoms with E-state index in [0.717, 1.165) is 24.1 Å². The highest BCUT2D eigenvalue weighted by molar-refractivity contribution is 5.78. The van der Waals surface area contributed by atoms with Crippen molar-refractivity contribution >= 4 is 11.7 Å². The Morgan fingerprint density at radius 3 is 2.94 bits per heavy atom. The van der Waals surface area contributed by atoms with Gasteiger partial charge in [0.05, 0.1) is 7.11 Å². The summed E-state index contributed by atoms with van der Waals surface area (Å²) in [5, 5.41) is 11.8. The monoisotopic (exact) mass is 237 g/mol. The second-order valence-corrected chi connectivity index (χ2v) is 3.92. The molecule has 4 nitrogen and oxygen atoms in total. The van der Waals surface area contributed by atoms with Crippen molar-refractivity contribution < 1.29 is 14.6 Å². The lowest BCUT2D eigenvalue weighted by atomic mass is 10.1. The number of carbonyl (C=O) groups is 1. The number of carbonyl (C=O) groups excluding carboxylic acids is 1. The number of methoxy groups -OCH3 is 1. The Morgan fingerprint density at radius 1 is 1.53 bits per heavy atom. The van der Waals surface area contributed by atoms with E-state index in [-0.39, 0.29) is 18.6 Å². The average Bonchev–Trinajstić information content (AvgIpc) is 2.35. The Bertz CT molecular complexity index is 365. The van der Waals surface area contributed by atoms with Crippen LogP contribution in [0.3, 0.4) is 0 Å². The van der Waals surface area contributed by atoms with Gasteiger partial charge in [-0.2, -0.15) is 0 Å². The Kier molecular flexibility index (Phi) is 5.49. The lowest BCUT2D eigenvalue weighted by Gasteiger charge is -2.13. The summed E-state index contributed by atoms with van der Waals surface area (Å²) in [5.74, 6) is -0.286. The number of esters is 1. The summed E-state index contributed by atoms with van der Waals surface area (Å²) in [6, 6.07) is 7.45. The van der Waals surface area contributed by atoms with Gasteiger partial charge in [0.15, 0.2) is 0 Å². The second-order valence-electron chi connectivity index (χ2n) is 3.92. The molecular weight excluding hydrogens is 218 g/mol. The van der Waals surface area contributed by atoms with Gasteiger partial charge in [0, 0.05) is 12.3 Å². The lowest BCUT2D eigenvalue weighted by Crippen LogP contribution is -2.27. The van der Waals surface area contributed by atoms with Gasteiger partial charge in [0.1, 0.15) is 6.04 Å². The topological polar surface area (TPSA) is 58.6 Å². The van der Waals surface area contributed by atoms with Crippen LogP contribution < -0.4 is 5.32 Å². The van der Waals surface area contributed by atoms with Gasteiger partial charge in [-0.05, 0) is 37.5 Å². The van der Waals surface area contributed by atoms with Crippen LogP contribution in [0.1, 0.15) is 18.9 Å². The minimum atomic E-state index is -0.368. The smallest absolute Gasteiger partial charge is 0.327 e. The standard InChI is InChI=1S/C13H19NO3/c1-10(13(16)17-2)14-12-7-3-5-11(9-12)6-4-8-15/h3,5,7,9-10,14-15H,4,6,8H2,1-2H3. The van der Waals surface area contributed by atoms with E-state index in [1.54, 1.807) is 6.92 Å². The van der Waals surface area contributed by atoms with Gasteiger partial charge in [0.25, 0.3) is 0 Å². The molecule has 0 amide bonds. The fraction of sp³-hybridized carbons (Fsp3) is 0.462. The van der Waals surface area contributed by atoms with Crippen LogP contribution in [0, 0.1) is 0 Å². The summed E-state index contributed by atoms with van der Waals surface area (Å²) in [6.07, 6.45) is 1.58. The number of nitrogens with one attached hydrogen (secondary N) is 1. The molecule has 0 aromatic heterocycles. The van der Waals surface area contributed by atoms with E-state index < -0.39 is 0 Å². The highest BCUT2D eigenvalue weighted by Crippen LogP contribution is 2.13. The summed E-state index contributed by atoms with van der Waals surface area (Å²) >= 11 is 0. The zero-order valence-electron chi connectivity index (χ0n) is 10.3. The van der Waals surface area contributed by atoms with E-state index in [1.807, 2.05) is 24.3 Å². The SMILES string of the molecule is COC(=O)C(C)Nc1cccc(CCCO)c1. The van der Waals surface area contributed by atoms with Crippen molar-refractivity contribution in [3.63, 3.8) is 0 Å². The third-order valence-electron chi connectivity index (χ3n) is 2.49. The first-order valence-corrected chi connectivity index (χ1v) is 5.71. The van der Waals surface area contributed by atoms with E-state index >= 15 is 0 Å². The zero-order valence-corrected chi connectivity index (χ0v) is 10.3. The molecular formula is C13H19NO3. The van der Waals surface area contributed by atoms with Crippen molar-refractivity contribution in [1.29, 1.82) is 0 Å². The molecule has 1 atom stereocenters. The zero-order chi connectivity index (χ0) is 12.7. The molecule has 2 N–H and O–H groups in total. The Labute approximate surface area is 102 Å². The number of benzene rings is 1. The molecule has 17 heavy (non-hydrogen) atoms. The molecule has 0 radical (unpaired) electrons. The number of aryl methyl sites for hydroxylation is 1. The third-order valence-corrected chi connectivity index (χ3v) is 2.49. The van der Waals surface area contributed by atoms with Gasteiger partial charge >= 0.3 is 5.97 Å². The fourth-order valence-electron chi connectivity index (χ4n) is 1.59. The van der Waals surface area contributed by atoms with E-state index in [9.17, 15) is 4.79 Å². The number of aliphatic hydroxyl groups excluding tert-OH is 1. The Morgan fingerprint density at radius 2 is 2.29 bits per heavy atom. The first kappa shape index (κ1) is 13.5. The van der Waals surface area contributed by atoms with Crippen LogP contribution in [0.2, 0.25) is 0 Å². The molecule has 0 aliphatic rings. The maximum Gasteiger partial charge on any atom is 0.327 e. The third kappa shape index (κ3) is 4.44. The molecule has 1 aromatic rings. The van der Waals surface area contributed by atoms with Gasteiger partial charge in [-0.15, -0.1) is 0 Å². The maximum absolute atomic E-state index is 11.3. The van der Waals surface area contributed by atoms with E-state index in [0.29, 0.717) is 0 Å². The number of anilines is 1. The summed E-state index contributed by atoms with van der Waals surface area (Å²) in [7, 11) is 1.37. The van der Waals surface area contributed by atoms with Crippen molar-refractivity contribution in [3.8, 4) is 0 Å². The molecule has 0 bridgehead atoms. The average molecular weight is 237 g/mol. The van der Waals surface area contributed by atoms with Crippen LogP contribution in [0.4, 0.5) is 5.69 Å². The van der Waals surface area contributed by atoms with E-state index in [4.69, 9.17) is 5.11 Å². The normalized spacial score (nSPS) is 11.9. The van der Waals surface area contributed by atoms with Crippen LogP contribution in [0.5, 0.6) is 0 Å². The predicted molar refractivity (Wildman–Crippen MR) is 66.9 cm³/mol. The molecule has 1 unspecified atom stereocenters. The molecule has 0 saturated carbocycles. The lowest BCUT2D eigenvalue weighted by molar-refractivity contribution is -0.141. The molecule has 1 aromatic carbocycles. The van der Waals surface area contributed by atoms with Crippen LogP contribution in [-0.4, -0.2) is 30.8 Å². The molecule has 0 spiro atoms. The minimum Gasteiger partial charge on any atom is -0.467 e. The van der Waals surface area contributed by atoms with Gasteiger partial charge < -0.3 is 15.2 Å². The van der Waals surface area contributed by atoms with E-state index in [2.05, 4.69) is 10.1 Å². The largest absolute Gasteiger partial charge is 0.467 e.